The summed E-state index contributed by atoms with van der Waals surface area (Å²) in [5, 5.41) is 10.6. The predicted octanol–water partition coefficient (Wildman–Crippen LogP) is -1.13. The van der Waals surface area contributed by atoms with Gasteiger partial charge in [0.15, 0.2) is 18.1 Å². The van der Waals surface area contributed by atoms with Gasteiger partial charge in [0.1, 0.15) is 0 Å². The third-order valence-corrected chi connectivity index (χ3v) is 2.55. The van der Waals surface area contributed by atoms with Crippen LogP contribution in [0.4, 0.5) is 5.95 Å². The number of para-hydroxylation sites is 1. The molecule has 2 rings (SSSR count). The minimum atomic E-state index is -0.579. The summed E-state index contributed by atoms with van der Waals surface area (Å²) in [6, 6.07) is 5.30. The second-order valence-corrected chi connectivity index (χ2v) is 3.99. The lowest BCUT2D eigenvalue weighted by molar-refractivity contribution is -0.119. The number of hydrogen-bond acceptors (Lipinski definition) is 8. The zero-order valence-electron chi connectivity index (χ0n) is 11.3. The SMILES string of the molecule is COc1cccc(CNn2nnnc2N)c1OCC(N)=O. The van der Waals surface area contributed by atoms with Crippen LogP contribution in [0.25, 0.3) is 0 Å². The molecule has 5 N–H and O–H groups in total. The van der Waals surface area contributed by atoms with Crippen molar-refractivity contribution in [2.75, 3.05) is 24.9 Å². The average molecular weight is 293 g/mol. The van der Waals surface area contributed by atoms with Crippen molar-refractivity contribution in [2.24, 2.45) is 5.73 Å². The number of nitrogens with two attached hydrogens (primary N) is 2. The number of aromatic nitrogens is 4. The van der Waals surface area contributed by atoms with Gasteiger partial charge in [0.25, 0.3) is 11.9 Å². The highest BCUT2D eigenvalue weighted by Gasteiger charge is 2.12. The van der Waals surface area contributed by atoms with E-state index < -0.39 is 5.91 Å². The topological polar surface area (TPSA) is 143 Å². The number of nitrogens with one attached hydrogen (secondary N) is 1. The molecule has 1 aromatic carbocycles. The van der Waals surface area contributed by atoms with Gasteiger partial charge in [-0.2, -0.15) is 0 Å². The molecule has 0 spiro atoms. The number of primary amides is 1. The summed E-state index contributed by atoms with van der Waals surface area (Å²) in [5.41, 5.74) is 14.2. The minimum Gasteiger partial charge on any atom is -0.493 e. The number of carbonyl (C=O) groups is 1. The molecule has 1 aromatic heterocycles. The van der Waals surface area contributed by atoms with Crippen LogP contribution < -0.4 is 26.4 Å². The lowest BCUT2D eigenvalue weighted by atomic mass is 10.2. The molecule has 0 saturated carbocycles. The second kappa shape index (κ2) is 6.41. The number of amides is 1. The van der Waals surface area contributed by atoms with Crippen LogP contribution >= 0.6 is 0 Å². The normalized spacial score (nSPS) is 10.1. The Morgan fingerprint density at radius 1 is 1.48 bits per heavy atom. The van der Waals surface area contributed by atoms with Crippen molar-refractivity contribution in [3.05, 3.63) is 23.8 Å². The smallest absolute Gasteiger partial charge is 0.260 e. The van der Waals surface area contributed by atoms with E-state index in [9.17, 15) is 4.79 Å². The van der Waals surface area contributed by atoms with Crippen molar-refractivity contribution in [1.82, 2.24) is 20.3 Å². The van der Waals surface area contributed by atoms with Crippen LogP contribution in [0, 0.1) is 0 Å². The summed E-state index contributed by atoms with van der Waals surface area (Å²) in [5.74, 6) is 0.445. The Morgan fingerprint density at radius 2 is 2.29 bits per heavy atom. The van der Waals surface area contributed by atoms with Gasteiger partial charge in [0, 0.05) is 5.56 Å². The number of ether oxygens (including phenoxy) is 2. The summed E-state index contributed by atoms with van der Waals surface area (Å²) in [4.78, 5) is 12.1. The molecule has 2 aromatic rings. The fourth-order valence-corrected chi connectivity index (χ4v) is 1.64. The first-order valence-electron chi connectivity index (χ1n) is 5.96. The molecule has 10 nitrogen and oxygen atoms in total. The summed E-state index contributed by atoms with van der Waals surface area (Å²) >= 11 is 0. The predicted molar refractivity (Wildman–Crippen MR) is 73.0 cm³/mol. The molecule has 0 aliphatic rings. The summed E-state index contributed by atoms with van der Waals surface area (Å²) in [7, 11) is 1.50. The molecule has 1 amide bonds. The largest absolute Gasteiger partial charge is 0.493 e. The molecule has 0 bridgehead atoms. The Bertz CT molecular complexity index is 628. The van der Waals surface area contributed by atoms with Crippen molar-refractivity contribution < 1.29 is 14.3 Å². The minimum absolute atomic E-state index is 0.123. The maximum absolute atomic E-state index is 10.9. The van der Waals surface area contributed by atoms with Crippen molar-refractivity contribution >= 4 is 11.9 Å². The monoisotopic (exact) mass is 293 g/mol. The van der Waals surface area contributed by atoms with Crippen LogP contribution in [0.15, 0.2) is 18.2 Å². The van der Waals surface area contributed by atoms with Crippen molar-refractivity contribution in [1.29, 1.82) is 0 Å². The van der Waals surface area contributed by atoms with E-state index in [-0.39, 0.29) is 12.6 Å². The molecule has 0 fully saturated rings. The number of tetrazole rings is 1. The highest BCUT2D eigenvalue weighted by molar-refractivity contribution is 5.75. The van der Waals surface area contributed by atoms with Crippen LogP contribution in [0.3, 0.4) is 0 Å². The van der Waals surface area contributed by atoms with Crippen molar-refractivity contribution in [3.63, 3.8) is 0 Å². The lowest BCUT2D eigenvalue weighted by Gasteiger charge is -2.14. The first-order chi connectivity index (χ1) is 10.1. The number of rotatable bonds is 7. The van der Waals surface area contributed by atoms with Gasteiger partial charge < -0.3 is 26.4 Å². The van der Waals surface area contributed by atoms with Gasteiger partial charge in [-0.1, -0.05) is 17.2 Å². The molecule has 0 aliphatic carbocycles. The molecule has 0 radical (unpaired) electrons. The first-order valence-corrected chi connectivity index (χ1v) is 5.96. The Morgan fingerprint density at radius 3 is 2.90 bits per heavy atom. The van der Waals surface area contributed by atoms with Crippen molar-refractivity contribution in [3.8, 4) is 11.5 Å². The van der Waals surface area contributed by atoms with E-state index in [2.05, 4.69) is 21.0 Å². The fraction of sp³-hybridized carbons (Fsp3) is 0.273. The number of hydrogen-bond donors (Lipinski definition) is 3. The Kier molecular flexibility index (Phi) is 4.39. The number of benzene rings is 1. The molecule has 10 heteroatoms. The number of carbonyl (C=O) groups excluding carboxylic acids is 1. The van der Waals surface area contributed by atoms with Gasteiger partial charge in [-0.3, -0.25) is 4.79 Å². The van der Waals surface area contributed by atoms with Crippen LogP contribution in [0.2, 0.25) is 0 Å². The Labute approximate surface area is 120 Å². The number of anilines is 1. The van der Waals surface area contributed by atoms with E-state index in [1.165, 1.54) is 11.9 Å². The van der Waals surface area contributed by atoms with E-state index in [0.29, 0.717) is 18.0 Å². The van der Waals surface area contributed by atoms with E-state index in [0.717, 1.165) is 5.56 Å². The highest BCUT2D eigenvalue weighted by atomic mass is 16.5. The fourth-order valence-electron chi connectivity index (χ4n) is 1.64. The van der Waals surface area contributed by atoms with Crippen LogP contribution in [0.1, 0.15) is 5.56 Å². The van der Waals surface area contributed by atoms with Gasteiger partial charge in [-0.05, 0) is 16.5 Å². The summed E-state index contributed by atoms with van der Waals surface area (Å²) < 4.78 is 10.6. The van der Waals surface area contributed by atoms with Gasteiger partial charge in [-0.25, -0.2) is 0 Å². The maximum atomic E-state index is 10.9. The van der Waals surface area contributed by atoms with E-state index in [4.69, 9.17) is 20.9 Å². The molecule has 21 heavy (non-hydrogen) atoms. The molecule has 1 heterocycles. The van der Waals surface area contributed by atoms with Crippen LogP contribution in [0.5, 0.6) is 11.5 Å². The van der Waals surface area contributed by atoms with E-state index in [1.54, 1.807) is 18.2 Å². The van der Waals surface area contributed by atoms with Gasteiger partial charge in [0.2, 0.25) is 0 Å². The van der Waals surface area contributed by atoms with Crippen LogP contribution in [-0.4, -0.2) is 39.9 Å². The first kappa shape index (κ1) is 14.4. The van der Waals surface area contributed by atoms with Gasteiger partial charge in [-0.15, -0.1) is 4.79 Å². The molecule has 0 unspecified atom stereocenters. The van der Waals surface area contributed by atoms with Gasteiger partial charge >= 0.3 is 0 Å². The quantitative estimate of drug-likeness (QED) is 0.582. The average Bonchev–Trinajstić information content (AvgIpc) is 2.88. The zero-order valence-corrected chi connectivity index (χ0v) is 11.3. The number of nitrogen functional groups attached to an aromatic ring is 1. The Hall–Kier alpha value is -3.04. The summed E-state index contributed by atoms with van der Waals surface area (Å²) in [6.07, 6.45) is 0. The highest BCUT2D eigenvalue weighted by Crippen LogP contribution is 2.31. The van der Waals surface area contributed by atoms with Crippen molar-refractivity contribution in [2.45, 2.75) is 6.54 Å². The third kappa shape index (κ3) is 3.49. The second-order valence-electron chi connectivity index (χ2n) is 3.99. The van der Waals surface area contributed by atoms with E-state index >= 15 is 0 Å². The van der Waals surface area contributed by atoms with Gasteiger partial charge in [0.05, 0.1) is 13.7 Å². The molecule has 112 valence electrons. The Balaban J connectivity index is 2.17. The number of nitrogens with zero attached hydrogens (tertiary/aromatic N) is 4. The molecule has 0 saturated heterocycles. The standard InChI is InChI=1S/C11H15N7O3/c1-20-8-4-2-3-7(10(8)21-6-9(12)19)5-14-18-11(13)15-16-17-18/h2-4,14H,5-6H2,1H3,(H2,12,19)(H2,13,15,17). The molecular weight excluding hydrogens is 278 g/mol. The lowest BCUT2D eigenvalue weighted by Crippen LogP contribution is -2.22. The van der Waals surface area contributed by atoms with E-state index in [1.807, 2.05) is 0 Å². The third-order valence-electron chi connectivity index (χ3n) is 2.55. The zero-order chi connectivity index (χ0) is 15.2. The molecular formula is C11H15N7O3. The van der Waals surface area contributed by atoms with Crippen LogP contribution in [-0.2, 0) is 11.3 Å². The maximum Gasteiger partial charge on any atom is 0.260 e. The molecule has 0 aliphatic heterocycles. The molecule has 0 atom stereocenters. The summed E-state index contributed by atoms with van der Waals surface area (Å²) in [6.45, 7) is 0.0565. The number of methoxy groups -OCH3 is 1.